The standard InChI is InChI=1S/C7H14BrNO2/c1-4-9(2)5-6(8)7(10)11-3/h6H,4-5H2,1-3H3. The summed E-state index contributed by atoms with van der Waals surface area (Å²) in [7, 11) is 3.35. The molecule has 0 heterocycles. The number of halogens is 1. The summed E-state index contributed by atoms with van der Waals surface area (Å²) in [4.78, 5) is 12.7. The van der Waals surface area contributed by atoms with Crippen molar-refractivity contribution in [2.24, 2.45) is 0 Å². The van der Waals surface area contributed by atoms with Crippen molar-refractivity contribution in [2.45, 2.75) is 11.8 Å². The molecule has 0 spiro atoms. The highest BCUT2D eigenvalue weighted by Gasteiger charge is 2.15. The number of carbonyl (C=O) groups excluding carboxylic acids is 1. The van der Waals surface area contributed by atoms with Crippen LogP contribution in [-0.2, 0) is 9.53 Å². The molecule has 0 saturated heterocycles. The van der Waals surface area contributed by atoms with E-state index in [1.807, 2.05) is 18.9 Å². The highest BCUT2D eigenvalue weighted by Crippen LogP contribution is 2.03. The molecule has 1 unspecified atom stereocenters. The zero-order valence-electron chi connectivity index (χ0n) is 7.13. The highest BCUT2D eigenvalue weighted by molar-refractivity contribution is 9.10. The van der Waals surface area contributed by atoms with Gasteiger partial charge in [-0.05, 0) is 13.6 Å². The number of methoxy groups -OCH3 is 1. The van der Waals surface area contributed by atoms with Crippen LogP contribution in [-0.4, -0.2) is 42.9 Å². The van der Waals surface area contributed by atoms with Gasteiger partial charge in [-0.2, -0.15) is 0 Å². The Morgan fingerprint density at radius 1 is 1.73 bits per heavy atom. The smallest absolute Gasteiger partial charge is 0.320 e. The van der Waals surface area contributed by atoms with Gasteiger partial charge in [0.1, 0.15) is 4.83 Å². The predicted octanol–water partition coefficient (Wildman–Crippen LogP) is 0.875. The largest absolute Gasteiger partial charge is 0.468 e. The maximum absolute atomic E-state index is 10.9. The van der Waals surface area contributed by atoms with Crippen molar-refractivity contribution >= 4 is 21.9 Å². The van der Waals surface area contributed by atoms with E-state index in [4.69, 9.17) is 0 Å². The van der Waals surface area contributed by atoms with Gasteiger partial charge in [0.25, 0.3) is 0 Å². The molecule has 0 bridgehead atoms. The summed E-state index contributed by atoms with van der Waals surface area (Å²) in [5, 5.41) is 0. The van der Waals surface area contributed by atoms with Gasteiger partial charge in [0.2, 0.25) is 0 Å². The fourth-order valence-electron chi connectivity index (χ4n) is 0.605. The molecular weight excluding hydrogens is 210 g/mol. The van der Waals surface area contributed by atoms with Crippen LogP contribution in [0.3, 0.4) is 0 Å². The second-order valence-corrected chi connectivity index (χ2v) is 3.45. The van der Waals surface area contributed by atoms with Gasteiger partial charge in [0, 0.05) is 6.54 Å². The number of alkyl halides is 1. The van der Waals surface area contributed by atoms with Gasteiger partial charge < -0.3 is 9.64 Å². The van der Waals surface area contributed by atoms with E-state index in [1.54, 1.807) is 0 Å². The van der Waals surface area contributed by atoms with Gasteiger partial charge in [0.05, 0.1) is 7.11 Å². The Morgan fingerprint density at radius 3 is 2.64 bits per heavy atom. The number of carbonyl (C=O) groups is 1. The Labute approximate surface area is 75.8 Å². The molecule has 0 aliphatic carbocycles. The maximum atomic E-state index is 10.9. The molecule has 0 aromatic rings. The molecule has 0 saturated carbocycles. The third kappa shape index (κ3) is 4.37. The van der Waals surface area contributed by atoms with Crippen molar-refractivity contribution in [2.75, 3.05) is 27.2 Å². The third-order valence-electron chi connectivity index (χ3n) is 1.47. The molecule has 11 heavy (non-hydrogen) atoms. The summed E-state index contributed by atoms with van der Waals surface area (Å²) < 4.78 is 4.54. The van der Waals surface area contributed by atoms with Crippen LogP contribution in [0.1, 0.15) is 6.92 Å². The van der Waals surface area contributed by atoms with E-state index in [2.05, 4.69) is 20.7 Å². The van der Waals surface area contributed by atoms with Gasteiger partial charge in [-0.15, -0.1) is 0 Å². The second-order valence-electron chi connectivity index (χ2n) is 2.35. The molecule has 1 atom stereocenters. The van der Waals surface area contributed by atoms with E-state index in [1.165, 1.54) is 7.11 Å². The highest BCUT2D eigenvalue weighted by atomic mass is 79.9. The summed E-state index contributed by atoms with van der Waals surface area (Å²) in [5.74, 6) is -0.217. The Morgan fingerprint density at radius 2 is 2.27 bits per heavy atom. The first-order valence-corrected chi connectivity index (χ1v) is 4.43. The lowest BCUT2D eigenvalue weighted by molar-refractivity contribution is -0.140. The van der Waals surface area contributed by atoms with E-state index in [0.29, 0.717) is 6.54 Å². The fourth-order valence-corrected chi connectivity index (χ4v) is 1.29. The minimum Gasteiger partial charge on any atom is -0.468 e. The van der Waals surface area contributed by atoms with Gasteiger partial charge in [-0.3, -0.25) is 4.79 Å². The van der Waals surface area contributed by atoms with E-state index in [-0.39, 0.29) is 10.8 Å². The van der Waals surface area contributed by atoms with E-state index in [9.17, 15) is 4.79 Å². The SMILES string of the molecule is CCN(C)CC(Br)C(=O)OC. The van der Waals surface area contributed by atoms with Gasteiger partial charge >= 0.3 is 5.97 Å². The van der Waals surface area contributed by atoms with E-state index in [0.717, 1.165) is 6.54 Å². The molecule has 0 radical (unpaired) electrons. The summed E-state index contributed by atoms with van der Waals surface area (Å²) in [6.07, 6.45) is 0. The van der Waals surface area contributed by atoms with E-state index < -0.39 is 0 Å². The van der Waals surface area contributed by atoms with Crippen molar-refractivity contribution in [1.29, 1.82) is 0 Å². The Hall–Kier alpha value is -0.0900. The first-order chi connectivity index (χ1) is 5.11. The van der Waals surface area contributed by atoms with Crippen molar-refractivity contribution in [3.63, 3.8) is 0 Å². The number of ether oxygens (including phenoxy) is 1. The molecule has 4 heteroatoms. The molecule has 0 N–H and O–H groups in total. The van der Waals surface area contributed by atoms with Gasteiger partial charge in [-0.25, -0.2) is 0 Å². The van der Waals surface area contributed by atoms with Crippen LogP contribution in [0.4, 0.5) is 0 Å². The monoisotopic (exact) mass is 223 g/mol. The number of hydrogen-bond acceptors (Lipinski definition) is 3. The Balaban J connectivity index is 3.67. The number of esters is 1. The molecule has 0 aliphatic rings. The average Bonchev–Trinajstić information content (AvgIpc) is 2.02. The van der Waals surface area contributed by atoms with Crippen LogP contribution in [0, 0.1) is 0 Å². The van der Waals surface area contributed by atoms with Crippen LogP contribution >= 0.6 is 15.9 Å². The topological polar surface area (TPSA) is 29.5 Å². The first kappa shape index (κ1) is 10.9. The van der Waals surface area contributed by atoms with Gasteiger partial charge in [0.15, 0.2) is 0 Å². The van der Waals surface area contributed by atoms with Crippen molar-refractivity contribution < 1.29 is 9.53 Å². The number of hydrogen-bond donors (Lipinski definition) is 0. The number of rotatable bonds is 4. The van der Waals surface area contributed by atoms with Crippen LogP contribution < -0.4 is 0 Å². The molecular formula is C7H14BrNO2. The molecule has 0 amide bonds. The molecule has 0 aliphatic heterocycles. The molecule has 0 aromatic carbocycles. The lowest BCUT2D eigenvalue weighted by Gasteiger charge is -2.16. The molecule has 0 aromatic heterocycles. The predicted molar refractivity (Wildman–Crippen MR) is 47.9 cm³/mol. The zero-order valence-corrected chi connectivity index (χ0v) is 8.72. The van der Waals surface area contributed by atoms with Crippen molar-refractivity contribution in [3.8, 4) is 0 Å². The third-order valence-corrected chi connectivity index (χ3v) is 2.13. The van der Waals surface area contributed by atoms with Crippen LogP contribution in [0.15, 0.2) is 0 Å². The lowest BCUT2D eigenvalue weighted by atomic mass is 10.4. The van der Waals surface area contributed by atoms with Crippen LogP contribution in [0.25, 0.3) is 0 Å². The van der Waals surface area contributed by atoms with Crippen molar-refractivity contribution in [1.82, 2.24) is 4.90 Å². The normalized spacial score (nSPS) is 13.2. The quantitative estimate of drug-likeness (QED) is 0.524. The fraction of sp³-hybridized carbons (Fsp3) is 0.857. The zero-order chi connectivity index (χ0) is 8.85. The molecule has 66 valence electrons. The number of nitrogens with zero attached hydrogens (tertiary/aromatic N) is 1. The van der Waals surface area contributed by atoms with Gasteiger partial charge in [-0.1, -0.05) is 22.9 Å². The van der Waals surface area contributed by atoms with Crippen molar-refractivity contribution in [3.05, 3.63) is 0 Å². The second kappa shape index (κ2) is 5.55. The minimum absolute atomic E-state index is 0.211. The molecule has 3 nitrogen and oxygen atoms in total. The summed E-state index contributed by atoms with van der Waals surface area (Å²) >= 11 is 3.23. The molecule has 0 rings (SSSR count). The summed E-state index contributed by atoms with van der Waals surface area (Å²) in [6.45, 7) is 3.65. The average molecular weight is 224 g/mol. The lowest BCUT2D eigenvalue weighted by Crippen LogP contribution is -2.31. The van der Waals surface area contributed by atoms with E-state index >= 15 is 0 Å². The minimum atomic E-state index is -0.217. The Bertz CT molecular complexity index is 130. The van der Waals surface area contributed by atoms with Crippen LogP contribution in [0.5, 0.6) is 0 Å². The first-order valence-electron chi connectivity index (χ1n) is 3.52. The Kier molecular flexibility index (Phi) is 5.50. The summed E-state index contributed by atoms with van der Waals surface area (Å²) in [5.41, 5.74) is 0. The van der Waals surface area contributed by atoms with Crippen LogP contribution in [0.2, 0.25) is 0 Å². The maximum Gasteiger partial charge on any atom is 0.320 e. The summed E-state index contributed by atoms with van der Waals surface area (Å²) in [6, 6.07) is 0. The molecule has 0 fully saturated rings.